The fourth-order valence-electron chi connectivity index (χ4n) is 2.12. The van der Waals surface area contributed by atoms with E-state index in [0.29, 0.717) is 5.75 Å². The third kappa shape index (κ3) is 3.31. The van der Waals surface area contributed by atoms with Crippen molar-refractivity contribution in [3.8, 4) is 0 Å². The fraction of sp³-hybridized carbons (Fsp3) is 0.385. The van der Waals surface area contributed by atoms with Gasteiger partial charge in [0.25, 0.3) is 5.91 Å². The van der Waals surface area contributed by atoms with Gasteiger partial charge in [-0.2, -0.15) is 24.9 Å². The van der Waals surface area contributed by atoms with Gasteiger partial charge in [-0.25, -0.2) is 4.79 Å². The number of carboxylic acid groups (broad SMARTS) is 1. The van der Waals surface area contributed by atoms with Gasteiger partial charge < -0.3 is 10.0 Å². The Balaban J connectivity index is 2.37. The smallest absolute Gasteiger partial charge is 0.417 e. The van der Waals surface area contributed by atoms with Gasteiger partial charge in [-0.3, -0.25) is 4.79 Å². The van der Waals surface area contributed by atoms with E-state index >= 15 is 0 Å². The second-order valence-electron chi connectivity index (χ2n) is 4.47. The number of hydrogen-bond acceptors (Lipinski definition) is 3. The molecule has 0 aromatic heterocycles. The third-order valence-electron chi connectivity index (χ3n) is 3.14. The Kier molecular flexibility index (Phi) is 4.46. The van der Waals surface area contributed by atoms with Gasteiger partial charge in [-0.15, -0.1) is 0 Å². The highest BCUT2D eigenvalue weighted by atomic mass is 32.2. The molecular weight excluding hydrogens is 307 g/mol. The molecule has 1 fully saturated rings. The van der Waals surface area contributed by atoms with E-state index in [4.69, 9.17) is 5.11 Å². The predicted molar refractivity (Wildman–Crippen MR) is 71.2 cm³/mol. The number of alkyl halides is 3. The Labute approximate surface area is 122 Å². The molecule has 1 amide bonds. The van der Waals surface area contributed by atoms with Crippen molar-refractivity contribution in [2.45, 2.75) is 12.2 Å². The summed E-state index contributed by atoms with van der Waals surface area (Å²) in [5.41, 5.74) is -1.56. The summed E-state index contributed by atoms with van der Waals surface area (Å²) in [6.45, 7) is 0.118. The van der Waals surface area contributed by atoms with Crippen LogP contribution in [0.2, 0.25) is 0 Å². The summed E-state index contributed by atoms with van der Waals surface area (Å²) in [4.78, 5) is 24.5. The Morgan fingerprint density at radius 3 is 2.57 bits per heavy atom. The molecule has 1 N–H and O–H groups in total. The average Bonchev–Trinajstić information content (AvgIpc) is 2.45. The number of hydrogen-bond donors (Lipinski definition) is 1. The van der Waals surface area contributed by atoms with Gasteiger partial charge in [0.2, 0.25) is 0 Å². The summed E-state index contributed by atoms with van der Waals surface area (Å²) in [6.07, 6.45) is -4.66. The zero-order valence-corrected chi connectivity index (χ0v) is 11.6. The van der Waals surface area contributed by atoms with Crippen molar-refractivity contribution in [2.75, 3.05) is 18.1 Å². The third-order valence-corrected chi connectivity index (χ3v) is 4.16. The topological polar surface area (TPSA) is 57.6 Å². The van der Waals surface area contributed by atoms with Crippen LogP contribution in [0.5, 0.6) is 0 Å². The van der Waals surface area contributed by atoms with Crippen LogP contribution >= 0.6 is 11.8 Å². The highest BCUT2D eigenvalue weighted by molar-refractivity contribution is 7.99. The summed E-state index contributed by atoms with van der Waals surface area (Å²) < 4.78 is 38.8. The number of rotatable bonds is 2. The Morgan fingerprint density at radius 1 is 1.29 bits per heavy atom. The predicted octanol–water partition coefficient (Wildman–Crippen LogP) is 2.35. The van der Waals surface area contributed by atoms with Crippen molar-refractivity contribution in [1.82, 2.24) is 4.90 Å². The number of carbonyl (C=O) groups excluding carboxylic acids is 1. The lowest BCUT2D eigenvalue weighted by Gasteiger charge is -2.33. The van der Waals surface area contributed by atoms with Crippen molar-refractivity contribution < 1.29 is 27.9 Å². The highest BCUT2D eigenvalue weighted by Gasteiger charge is 2.39. The SMILES string of the molecule is O=C(O)C1CSCCN1C(=O)c1ccccc1C(F)(F)F. The van der Waals surface area contributed by atoms with Crippen LogP contribution < -0.4 is 0 Å². The number of nitrogens with zero attached hydrogens (tertiary/aromatic N) is 1. The number of amides is 1. The molecule has 0 saturated carbocycles. The second kappa shape index (κ2) is 5.97. The van der Waals surface area contributed by atoms with E-state index in [2.05, 4.69) is 0 Å². The first kappa shape index (κ1) is 15.7. The summed E-state index contributed by atoms with van der Waals surface area (Å²) in [5, 5.41) is 9.10. The monoisotopic (exact) mass is 319 g/mol. The van der Waals surface area contributed by atoms with Gasteiger partial charge >= 0.3 is 12.1 Å². The summed E-state index contributed by atoms with van der Waals surface area (Å²) in [5.74, 6) is -1.42. The van der Waals surface area contributed by atoms with E-state index in [9.17, 15) is 22.8 Å². The molecule has 1 aliphatic heterocycles. The quantitative estimate of drug-likeness (QED) is 0.909. The maximum atomic E-state index is 12.9. The van der Waals surface area contributed by atoms with Gasteiger partial charge in [0.05, 0.1) is 11.1 Å². The zero-order valence-electron chi connectivity index (χ0n) is 10.8. The lowest BCUT2D eigenvalue weighted by Crippen LogP contribution is -2.50. The first-order valence-electron chi connectivity index (χ1n) is 6.10. The van der Waals surface area contributed by atoms with Crippen LogP contribution in [0.15, 0.2) is 24.3 Å². The zero-order chi connectivity index (χ0) is 15.6. The van der Waals surface area contributed by atoms with Crippen LogP contribution in [0.1, 0.15) is 15.9 Å². The molecule has 1 aromatic rings. The van der Waals surface area contributed by atoms with E-state index < -0.39 is 35.2 Å². The maximum Gasteiger partial charge on any atom is 0.417 e. The molecule has 0 spiro atoms. The van der Waals surface area contributed by atoms with Crippen LogP contribution in [0, 0.1) is 0 Å². The number of carboxylic acids is 1. The summed E-state index contributed by atoms with van der Waals surface area (Å²) in [7, 11) is 0. The Bertz CT molecular complexity index is 562. The minimum Gasteiger partial charge on any atom is -0.480 e. The molecule has 1 unspecified atom stereocenters. The summed E-state index contributed by atoms with van der Waals surface area (Å²) >= 11 is 1.36. The van der Waals surface area contributed by atoms with E-state index in [1.807, 2.05) is 0 Å². The van der Waals surface area contributed by atoms with Crippen LogP contribution in [0.25, 0.3) is 0 Å². The van der Waals surface area contributed by atoms with Gasteiger partial charge in [0, 0.05) is 18.1 Å². The molecule has 1 saturated heterocycles. The Hall–Kier alpha value is -1.70. The van der Waals surface area contributed by atoms with Crippen molar-refractivity contribution in [1.29, 1.82) is 0 Å². The molecule has 1 atom stereocenters. The molecule has 4 nitrogen and oxygen atoms in total. The van der Waals surface area contributed by atoms with Crippen molar-refractivity contribution in [3.05, 3.63) is 35.4 Å². The molecule has 21 heavy (non-hydrogen) atoms. The summed E-state index contributed by atoms with van der Waals surface area (Å²) in [6, 6.07) is 3.32. The average molecular weight is 319 g/mol. The molecule has 0 bridgehead atoms. The molecule has 1 aliphatic rings. The van der Waals surface area contributed by atoms with Gasteiger partial charge in [-0.1, -0.05) is 12.1 Å². The van der Waals surface area contributed by atoms with Gasteiger partial charge in [0.1, 0.15) is 6.04 Å². The standard InChI is InChI=1S/C13H12F3NO3S/c14-13(15,16)9-4-2-1-3-8(9)11(18)17-5-6-21-7-10(17)12(19)20/h1-4,10H,5-7H2,(H,19,20). The van der Waals surface area contributed by atoms with Crippen LogP contribution in [0.3, 0.4) is 0 Å². The lowest BCUT2D eigenvalue weighted by atomic mass is 10.0. The van der Waals surface area contributed by atoms with E-state index in [0.717, 1.165) is 17.0 Å². The lowest BCUT2D eigenvalue weighted by molar-refractivity contribution is -0.141. The number of thioether (sulfide) groups is 1. The van der Waals surface area contributed by atoms with Crippen LogP contribution in [-0.2, 0) is 11.0 Å². The molecule has 114 valence electrons. The van der Waals surface area contributed by atoms with Crippen LogP contribution in [0.4, 0.5) is 13.2 Å². The molecule has 0 aliphatic carbocycles. The maximum absolute atomic E-state index is 12.9. The molecule has 0 radical (unpaired) electrons. The number of aliphatic carboxylic acids is 1. The molecule has 8 heteroatoms. The number of halogens is 3. The molecular formula is C13H12F3NO3S. The molecule has 1 aromatic carbocycles. The normalized spacial score (nSPS) is 19.4. The first-order chi connectivity index (χ1) is 9.82. The van der Waals surface area contributed by atoms with Crippen molar-refractivity contribution >= 4 is 23.6 Å². The van der Waals surface area contributed by atoms with Gasteiger partial charge in [0.15, 0.2) is 0 Å². The minimum absolute atomic E-state index is 0.118. The van der Waals surface area contributed by atoms with Gasteiger partial charge in [-0.05, 0) is 12.1 Å². The minimum atomic E-state index is -4.66. The Morgan fingerprint density at radius 2 is 1.95 bits per heavy atom. The molecule has 2 rings (SSSR count). The van der Waals surface area contributed by atoms with E-state index in [-0.39, 0.29) is 12.3 Å². The number of carbonyl (C=O) groups is 2. The molecule has 1 heterocycles. The first-order valence-corrected chi connectivity index (χ1v) is 7.25. The number of benzene rings is 1. The van der Waals surface area contributed by atoms with Crippen molar-refractivity contribution in [3.63, 3.8) is 0 Å². The largest absolute Gasteiger partial charge is 0.480 e. The van der Waals surface area contributed by atoms with E-state index in [1.54, 1.807) is 0 Å². The second-order valence-corrected chi connectivity index (χ2v) is 5.62. The van der Waals surface area contributed by atoms with Crippen LogP contribution in [-0.4, -0.2) is 46.0 Å². The fourth-order valence-corrected chi connectivity index (χ4v) is 3.16. The highest BCUT2D eigenvalue weighted by Crippen LogP contribution is 2.33. The van der Waals surface area contributed by atoms with Crippen molar-refractivity contribution in [2.24, 2.45) is 0 Å². The van der Waals surface area contributed by atoms with E-state index in [1.165, 1.54) is 23.9 Å².